The van der Waals surface area contributed by atoms with Gasteiger partial charge in [-0.1, -0.05) is 13.8 Å². The van der Waals surface area contributed by atoms with Crippen molar-refractivity contribution in [1.82, 2.24) is 4.90 Å². The van der Waals surface area contributed by atoms with Crippen molar-refractivity contribution < 1.29 is 0 Å². The van der Waals surface area contributed by atoms with Crippen LogP contribution in [0.1, 0.15) is 20.3 Å². The van der Waals surface area contributed by atoms with Gasteiger partial charge in [-0.15, -0.1) is 24.0 Å². The lowest BCUT2D eigenvalue weighted by Gasteiger charge is -2.35. The topological polar surface area (TPSA) is 53.1 Å². The third-order valence-corrected chi connectivity index (χ3v) is 2.21. The Morgan fingerprint density at radius 1 is 1.33 bits per heavy atom. The van der Waals surface area contributed by atoms with Crippen LogP contribution in [-0.2, 0) is 0 Å². The summed E-state index contributed by atoms with van der Waals surface area (Å²) < 4.78 is 0. The molecule has 1 fully saturated rings. The molecule has 0 aromatic carbocycles. The van der Waals surface area contributed by atoms with E-state index in [-0.39, 0.29) is 29.9 Å². The van der Waals surface area contributed by atoms with Gasteiger partial charge in [0.1, 0.15) is 0 Å². The van der Waals surface area contributed by atoms with Crippen molar-refractivity contribution in [1.29, 1.82) is 5.41 Å². The molecule has 1 saturated heterocycles. The third-order valence-electron chi connectivity index (χ3n) is 2.21. The first kappa shape index (κ1) is 12.0. The van der Waals surface area contributed by atoms with E-state index >= 15 is 0 Å². The van der Waals surface area contributed by atoms with Gasteiger partial charge in [-0.3, -0.25) is 5.41 Å². The standard InChI is InChI=1S/C8H17N3.HI/c1-6-3-7(2)5-11(4-6)8(9)10;/h6-7H,3-5H2,1-2H3,(H3,9,10);1H. The number of likely N-dealkylation sites (tertiary alicyclic amines) is 1. The Balaban J connectivity index is 0.00000121. The number of rotatable bonds is 0. The Morgan fingerprint density at radius 2 is 1.75 bits per heavy atom. The van der Waals surface area contributed by atoms with Gasteiger partial charge in [-0.25, -0.2) is 0 Å². The summed E-state index contributed by atoms with van der Waals surface area (Å²) in [6, 6.07) is 0. The summed E-state index contributed by atoms with van der Waals surface area (Å²) in [6.45, 7) is 6.34. The minimum absolute atomic E-state index is 0. The molecule has 3 N–H and O–H groups in total. The number of piperidine rings is 1. The highest BCUT2D eigenvalue weighted by Crippen LogP contribution is 2.19. The molecule has 0 aromatic heterocycles. The molecule has 0 radical (unpaired) electrons. The molecule has 0 amide bonds. The van der Waals surface area contributed by atoms with E-state index < -0.39 is 0 Å². The van der Waals surface area contributed by atoms with Gasteiger partial charge in [-0.2, -0.15) is 0 Å². The van der Waals surface area contributed by atoms with E-state index in [1.54, 1.807) is 0 Å². The fourth-order valence-electron chi connectivity index (χ4n) is 1.86. The van der Waals surface area contributed by atoms with E-state index in [0.717, 1.165) is 13.1 Å². The lowest BCUT2D eigenvalue weighted by molar-refractivity contribution is 0.211. The Labute approximate surface area is 91.2 Å². The second-order valence-electron chi connectivity index (χ2n) is 3.74. The van der Waals surface area contributed by atoms with Gasteiger partial charge in [0, 0.05) is 13.1 Å². The quantitative estimate of drug-likeness (QED) is 0.402. The number of guanidine groups is 1. The summed E-state index contributed by atoms with van der Waals surface area (Å²) in [5.41, 5.74) is 5.40. The highest BCUT2D eigenvalue weighted by molar-refractivity contribution is 14.0. The maximum atomic E-state index is 7.27. The number of hydrogen-bond donors (Lipinski definition) is 2. The van der Waals surface area contributed by atoms with Crippen molar-refractivity contribution >= 4 is 29.9 Å². The highest BCUT2D eigenvalue weighted by Gasteiger charge is 2.21. The van der Waals surface area contributed by atoms with Crippen LogP contribution < -0.4 is 5.73 Å². The van der Waals surface area contributed by atoms with Crippen molar-refractivity contribution in [2.24, 2.45) is 17.6 Å². The summed E-state index contributed by atoms with van der Waals surface area (Å²) in [4.78, 5) is 1.96. The summed E-state index contributed by atoms with van der Waals surface area (Å²) >= 11 is 0. The molecule has 12 heavy (non-hydrogen) atoms. The van der Waals surface area contributed by atoms with Crippen molar-refractivity contribution in [3.8, 4) is 0 Å². The lowest BCUT2D eigenvalue weighted by atomic mass is 9.92. The van der Waals surface area contributed by atoms with Gasteiger partial charge in [-0.05, 0) is 18.3 Å². The molecule has 0 aliphatic carbocycles. The van der Waals surface area contributed by atoms with E-state index in [2.05, 4.69) is 13.8 Å². The second-order valence-corrected chi connectivity index (χ2v) is 3.74. The Bertz CT molecular complexity index is 150. The fourth-order valence-corrected chi connectivity index (χ4v) is 1.86. The van der Waals surface area contributed by atoms with Crippen LogP contribution >= 0.6 is 24.0 Å². The minimum Gasteiger partial charge on any atom is -0.370 e. The SMILES string of the molecule is CC1CC(C)CN(C(=N)N)C1.I. The summed E-state index contributed by atoms with van der Waals surface area (Å²) in [5.74, 6) is 1.59. The van der Waals surface area contributed by atoms with Gasteiger partial charge in [0.15, 0.2) is 5.96 Å². The first-order valence-corrected chi connectivity index (χ1v) is 4.18. The number of nitrogens with one attached hydrogen (secondary N) is 1. The lowest BCUT2D eigenvalue weighted by Crippen LogP contribution is -2.45. The molecule has 0 spiro atoms. The van der Waals surface area contributed by atoms with Gasteiger partial charge < -0.3 is 10.6 Å². The Kier molecular flexibility index (Phi) is 4.89. The monoisotopic (exact) mass is 283 g/mol. The molecule has 1 rings (SSSR count). The van der Waals surface area contributed by atoms with Gasteiger partial charge in [0.2, 0.25) is 0 Å². The first-order chi connectivity index (χ1) is 5.09. The molecule has 4 heteroatoms. The summed E-state index contributed by atoms with van der Waals surface area (Å²) in [5, 5.41) is 7.27. The molecule has 1 aliphatic heterocycles. The van der Waals surface area contributed by atoms with E-state index in [0.29, 0.717) is 11.8 Å². The van der Waals surface area contributed by atoms with E-state index in [1.807, 2.05) is 4.90 Å². The van der Waals surface area contributed by atoms with Crippen LogP contribution in [-0.4, -0.2) is 23.9 Å². The summed E-state index contributed by atoms with van der Waals surface area (Å²) in [7, 11) is 0. The van der Waals surface area contributed by atoms with Crippen LogP contribution in [0.3, 0.4) is 0 Å². The third kappa shape index (κ3) is 3.16. The maximum absolute atomic E-state index is 7.27. The van der Waals surface area contributed by atoms with Crippen molar-refractivity contribution in [3.63, 3.8) is 0 Å². The van der Waals surface area contributed by atoms with Gasteiger partial charge in [0.25, 0.3) is 0 Å². The van der Waals surface area contributed by atoms with Crippen LogP contribution in [0.25, 0.3) is 0 Å². The summed E-state index contributed by atoms with van der Waals surface area (Å²) in [6.07, 6.45) is 1.27. The highest BCUT2D eigenvalue weighted by atomic mass is 127. The Morgan fingerprint density at radius 3 is 2.08 bits per heavy atom. The number of nitrogens with two attached hydrogens (primary N) is 1. The molecular weight excluding hydrogens is 265 g/mol. The van der Waals surface area contributed by atoms with E-state index in [1.165, 1.54) is 6.42 Å². The fraction of sp³-hybridized carbons (Fsp3) is 0.875. The first-order valence-electron chi connectivity index (χ1n) is 4.18. The molecule has 3 nitrogen and oxygen atoms in total. The average Bonchev–Trinajstić information content (AvgIpc) is 1.85. The number of halogens is 1. The van der Waals surface area contributed by atoms with Crippen LogP contribution in [0, 0.1) is 17.2 Å². The molecule has 2 atom stereocenters. The molecule has 0 bridgehead atoms. The minimum atomic E-state index is 0. The Hall–Kier alpha value is 0. The predicted molar refractivity (Wildman–Crippen MR) is 61.8 cm³/mol. The van der Waals surface area contributed by atoms with E-state index in [4.69, 9.17) is 11.1 Å². The van der Waals surface area contributed by atoms with Gasteiger partial charge in [0.05, 0.1) is 0 Å². The zero-order chi connectivity index (χ0) is 8.43. The zero-order valence-electron chi connectivity index (χ0n) is 7.71. The molecule has 72 valence electrons. The van der Waals surface area contributed by atoms with Crippen molar-refractivity contribution in [2.45, 2.75) is 20.3 Å². The molecular formula is C8H18IN3. The van der Waals surface area contributed by atoms with Crippen LogP contribution in [0.4, 0.5) is 0 Å². The largest absolute Gasteiger partial charge is 0.370 e. The average molecular weight is 283 g/mol. The molecule has 2 unspecified atom stereocenters. The predicted octanol–water partition coefficient (Wildman–Crippen LogP) is 1.48. The second kappa shape index (κ2) is 4.89. The van der Waals surface area contributed by atoms with Gasteiger partial charge >= 0.3 is 0 Å². The smallest absolute Gasteiger partial charge is 0.188 e. The molecule has 1 aliphatic rings. The number of nitrogens with zero attached hydrogens (tertiary/aromatic N) is 1. The molecule has 0 aromatic rings. The normalized spacial score (nSPS) is 29.3. The van der Waals surface area contributed by atoms with Crippen LogP contribution in [0.5, 0.6) is 0 Å². The van der Waals surface area contributed by atoms with Crippen molar-refractivity contribution in [2.75, 3.05) is 13.1 Å². The molecule has 1 heterocycles. The van der Waals surface area contributed by atoms with Crippen LogP contribution in [0.15, 0.2) is 0 Å². The van der Waals surface area contributed by atoms with Crippen molar-refractivity contribution in [3.05, 3.63) is 0 Å². The maximum Gasteiger partial charge on any atom is 0.188 e. The van der Waals surface area contributed by atoms with Crippen LogP contribution in [0.2, 0.25) is 0 Å². The van der Waals surface area contributed by atoms with E-state index in [9.17, 15) is 0 Å². The molecule has 0 saturated carbocycles. The number of hydrogen-bond acceptors (Lipinski definition) is 1. The zero-order valence-corrected chi connectivity index (χ0v) is 10.0.